The van der Waals surface area contributed by atoms with Gasteiger partial charge in [0.05, 0.1) is 0 Å². The average Bonchev–Trinajstić information content (AvgIpc) is 3.11. The molecule has 1 amide bonds. The molecule has 152 valence electrons. The van der Waals surface area contributed by atoms with Crippen LogP contribution in [0, 0.1) is 13.8 Å². The highest BCUT2D eigenvalue weighted by molar-refractivity contribution is 7.98. The number of nitrogens with one attached hydrogen (secondary N) is 1. The molecule has 0 atom stereocenters. The van der Waals surface area contributed by atoms with E-state index in [1.54, 1.807) is 4.52 Å². The van der Waals surface area contributed by atoms with E-state index in [4.69, 9.17) is 0 Å². The Morgan fingerprint density at radius 3 is 2.62 bits per heavy atom. The fourth-order valence-electron chi connectivity index (χ4n) is 4.20. The Balaban J connectivity index is 1.41. The lowest BCUT2D eigenvalue weighted by molar-refractivity contribution is -0.121. The van der Waals surface area contributed by atoms with Gasteiger partial charge in [0.1, 0.15) is 0 Å². The van der Waals surface area contributed by atoms with E-state index < -0.39 is 0 Å². The van der Waals surface area contributed by atoms with Crippen molar-refractivity contribution in [2.45, 2.75) is 56.5 Å². The van der Waals surface area contributed by atoms with Gasteiger partial charge in [-0.25, -0.2) is 9.50 Å². The summed E-state index contributed by atoms with van der Waals surface area (Å²) in [6.07, 6.45) is 6.56. The summed E-state index contributed by atoms with van der Waals surface area (Å²) >= 11 is 1.50. The highest BCUT2D eigenvalue weighted by atomic mass is 32.2. The zero-order valence-electron chi connectivity index (χ0n) is 17.2. The Morgan fingerprint density at radius 2 is 1.97 bits per heavy atom. The minimum Gasteiger partial charge on any atom is -0.355 e. The predicted molar refractivity (Wildman–Crippen MR) is 115 cm³/mol. The van der Waals surface area contributed by atoms with Crippen molar-refractivity contribution in [3.05, 3.63) is 52.8 Å². The maximum atomic E-state index is 12.6. The lowest BCUT2D eigenvalue weighted by atomic mass is 9.64. The van der Waals surface area contributed by atoms with Crippen molar-refractivity contribution in [3.63, 3.8) is 0 Å². The standard InChI is InChI=1S/C22H27N5OS/c1-15-18(16(2)27-20(24-15)25-21(26-27)29-3)10-11-19(28)23-14-22(12-7-13-22)17-8-5-4-6-9-17/h4-6,8-9H,7,10-14H2,1-3H3,(H,23,28). The molecule has 0 spiro atoms. The van der Waals surface area contributed by atoms with E-state index in [1.807, 2.05) is 26.2 Å². The van der Waals surface area contributed by atoms with E-state index >= 15 is 0 Å². The lowest BCUT2D eigenvalue weighted by Gasteiger charge is -2.42. The molecule has 0 aliphatic heterocycles. The number of thioether (sulfide) groups is 1. The number of hydrogen-bond acceptors (Lipinski definition) is 5. The molecule has 0 radical (unpaired) electrons. The first-order chi connectivity index (χ1) is 14.0. The molecule has 7 heteroatoms. The van der Waals surface area contributed by atoms with Gasteiger partial charge in [-0.3, -0.25) is 4.79 Å². The molecule has 1 aliphatic rings. The number of nitrogens with zero attached hydrogens (tertiary/aromatic N) is 4. The van der Waals surface area contributed by atoms with Crippen LogP contribution in [-0.4, -0.2) is 38.3 Å². The van der Waals surface area contributed by atoms with Crippen LogP contribution >= 0.6 is 11.8 Å². The number of aromatic nitrogens is 4. The topological polar surface area (TPSA) is 72.2 Å². The van der Waals surface area contributed by atoms with E-state index in [1.165, 1.54) is 23.7 Å². The van der Waals surface area contributed by atoms with Crippen molar-refractivity contribution in [2.24, 2.45) is 0 Å². The second-order valence-corrected chi connectivity index (χ2v) is 8.62. The van der Waals surface area contributed by atoms with Crippen LogP contribution in [-0.2, 0) is 16.6 Å². The maximum absolute atomic E-state index is 12.6. The van der Waals surface area contributed by atoms with Gasteiger partial charge in [-0.2, -0.15) is 4.98 Å². The van der Waals surface area contributed by atoms with Gasteiger partial charge in [0, 0.05) is 29.8 Å². The van der Waals surface area contributed by atoms with Crippen molar-refractivity contribution in [1.82, 2.24) is 24.9 Å². The third-order valence-electron chi connectivity index (χ3n) is 6.13. The molecule has 0 saturated heterocycles. The summed E-state index contributed by atoms with van der Waals surface area (Å²) < 4.78 is 1.78. The van der Waals surface area contributed by atoms with Crippen LogP contribution in [0.5, 0.6) is 0 Å². The van der Waals surface area contributed by atoms with E-state index in [0.29, 0.717) is 30.3 Å². The molecule has 1 N–H and O–H groups in total. The third kappa shape index (κ3) is 3.88. The molecule has 1 aliphatic carbocycles. The summed E-state index contributed by atoms with van der Waals surface area (Å²) in [5.41, 5.74) is 4.45. The van der Waals surface area contributed by atoms with Crippen LogP contribution in [0.3, 0.4) is 0 Å². The first-order valence-electron chi connectivity index (χ1n) is 10.1. The molecule has 1 fully saturated rings. The minimum atomic E-state index is 0.0921. The maximum Gasteiger partial charge on any atom is 0.253 e. The van der Waals surface area contributed by atoms with Crippen LogP contribution in [0.2, 0.25) is 0 Å². The molecule has 29 heavy (non-hydrogen) atoms. The Morgan fingerprint density at radius 1 is 1.21 bits per heavy atom. The number of hydrogen-bond donors (Lipinski definition) is 1. The van der Waals surface area contributed by atoms with Crippen molar-refractivity contribution in [2.75, 3.05) is 12.8 Å². The largest absolute Gasteiger partial charge is 0.355 e. The fraction of sp³-hybridized carbons (Fsp3) is 0.455. The van der Waals surface area contributed by atoms with Crippen LogP contribution in [0.15, 0.2) is 35.5 Å². The van der Waals surface area contributed by atoms with Gasteiger partial charge in [-0.1, -0.05) is 48.5 Å². The molecule has 1 saturated carbocycles. The van der Waals surface area contributed by atoms with Crippen molar-refractivity contribution in [1.29, 1.82) is 0 Å². The van der Waals surface area contributed by atoms with Crippen molar-refractivity contribution < 1.29 is 4.79 Å². The van der Waals surface area contributed by atoms with Gasteiger partial charge in [-0.15, -0.1) is 5.10 Å². The zero-order valence-corrected chi connectivity index (χ0v) is 18.1. The first kappa shape index (κ1) is 19.9. The quantitative estimate of drug-likeness (QED) is 0.603. The third-order valence-corrected chi connectivity index (χ3v) is 6.67. The normalized spacial score (nSPS) is 15.3. The van der Waals surface area contributed by atoms with Crippen molar-refractivity contribution in [3.8, 4) is 0 Å². The number of fused-ring (bicyclic) bond motifs is 1. The number of carbonyl (C=O) groups excluding carboxylic acids is 1. The number of benzene rings is 1. The van der Waals surface area contributed by atoms with Gasteiger partial charge < -0.3 is 5.32 Å². The average molecular weight is 410 g/mol. The second kappa shape index (κ2) is 8.14. The number of aryl methyl sites for hydroxylation is 2. The molecule has 0 unspecified atom stereocenters. The molecule has 4 rings (SSSR count). The Bertz CT molecular complexity index is 1030. The molecular weight excluding hydrogens is 382 g/mol. The monoisotopic (exact) mass is 409 g/mol. The molecule has 6 nitrogen and oxygen atoms in total. The number of carbonyl (C=O) groups is 1. The number of rotatable bonds is 7. The van der Waals surface area contributed by atoms with Crippen LogP contribution in [0.1, 0.15) is 48.2 Å². The highest BCUT2D eigenvalue weighted by Crippen LogP contribution is 2.43. The molecular formula is C22H27N5OS. The summed E-state index contributed by atoms with van der Waals surface area (Å²) in [6, 6.07) is 10.6. The van der Waals surface area contributed by atoms with Gasteiger partial charge in [0.2, 0.25) is 11.1 Å². The molecule has 2 aromatic heterocycles. The van der Waals surface area contributed by atoms with Gasteiger partial charge in [0.25, 0.3) is 5.78 Å². The lowest BCUT2D eigenvalue weighted by Crippen LogP contribution is -2.45. The van der Waals surface area contributed by atoms with E-state index in [-0.39, 0.29) is 11.3 Å². The number of amides is 1. The summed E-state index contributed by atoms with van der Waals surface area (Å²) in [4.78, 5) is 21.6. The van der Waals surface area contributed by atoms with E-state index in [2.05, 4.69) is 44.6 Å². The molecule has 2 heterocycles. The van der Waals surface area contributed by atoms with Gasteiger partial charge in [-0.05, 0) is 50.5 Å². The van der Waals surface area contributed by atoms with Crippen LogP contribution in [0.4, 0.5) is 0 Å². The van der Waals surface area contributed by atoms with E-state index in [0.717, 1.165) is 29.8 Å². The minimum absolute atomic E-state index is 0.0921. The van der Waals surface area contributed by atoms with Crippen molar-refractivity contribution >= 4 is 23.4 Å². The Hall–Kier alpha value is -2.41. The van der Waals surface area contributed by atoms with Gasteiger partial charge >= 0.3 is 0 Å². The Kier molecular flexibility index (Phi) is 5.58. The fourth-order valence-corrected chi connectivity index (χ4v) is 4.53. The summed E-state index contributed by atoms with van der Waals surface area (Å²) in [7, 11) is 0. The Labute approximate surface area is 175 Å². The molecule has 1 aromatic carbocycles. The first-order valence-corrected chi connectivity index (χ1v) is 11.3. The highest BCUT2D eigenvalue weighted by Gasteiger charge is 2.38. The van der Waals surface area contributed by atoms with Crippen LogP contribution < -0.4 is 5.32 Å². The molecule has 3 aromatic rings. The SMILES string of the molecule is CSc1nc2nc(C)c(CCC(=O)NCC3(c4ccccc4)CCC3)c(C)n2n1. The zero-order chi connectivity index (χ0) is 20.4. The summed E-state index contributed by atoms with van der Waals surface area (Å²) in [6.45, 7) is 4.71. The van der Waals surface area contributed by atoms with E-state index in [9.17, 15) is 4.79 Å². The molecule has 0 bridgehead atoms. The summed E-state index contributed by atoms with van der Waals surface area (Å²) in [5, 5.41) is 8.38. The second-order valence-electron chi connectivity index (χ2n) is 7.85. The summed E-state index contributed by atoms with van der Waals surface area (Å²) in [5.74, 6) is 0.710. The smallest absolute Gasteiger partial charge is 0.253 e. The van der Waals surface area contributed by atoms with Gasteiger partial charge in [0.15, 0.2) is 0 Å². The predicted octanol–water partition coefficient (Wildman–Crippen LogP) is 3.63. The van der Waals surface area contributed by atoms with Crippen LogP contribution in [0.25, 0.3) is 5.78 Å².